The molecule has 0 spiro atoms. The van der Waals surface area contributed by atoms with Crippen LogP contribution < -0.4 is 4.74 Å². The minimum absolute atomic E-state index is 0.0139. The van der Waals surface area contributed by atoms with Crippen molar-refractivity contribution in [3.63, 3.8) is 0 Å². The molecule has 0 N–H and O–H groups in total. The first kappa shape index (κ1) is 15.6. The van der Waals surface area contributed by atoms with Crippen molar-refractivity contribution in [3.05, 3.63) is 23.2 Å². The van der Waals surface area contributed by atoms with E-state index in [1.165, 1.54) is 11.3 Å². The molecule has 0 amide bonds. The van der Waals surface area contributed by atoms with Gasteiger partial charge in [0.05, 0.1) is 15.0 Å². The fourth-order valence-electron chi connectivity index (χ4n) is 2.87. The van der Waals surface area contributed by atoms with Gasteiger partial charge >= 0.3 is 0 Å². The molecule has 0 bridgehead atoms. The number of aromatic nitrogens is 1. The number of rotatable bonds is 4. The van der Waals surface area contributed by atoms with Crippen molar-refractivity contribution in [2.24, 2.45) is 0 Å². The second-order valence-corrected chi connectivity index (χ2v) is 9.64. The minimum Gasteiger partial charge on any atom is -0.467 e. The van der Waals surface area contributed by atoms with Gasteiger partial charge in [0, 0.05) is 13.1 Å². The summed E-state index contributed by atoms with van der Waals surface area (Å²) in [6, 6.07) is 5.68. The summed E-state index contributed by atoms with van der Waals surface area (Å²) in [6.45, 7) is 1.07. The Balaban J connectivity index is 1.41. The Kier molecular flexibility index (Phi) is 3.99. The molecule has 1 saturated carbocycles. The summed E-state index contributed by atoms with van der Waals surface area (Å²) >= 11 is 7.61. The normalized spacial score (nSPS) is 20.9. The van der Waals surface area contributed by atoms with Crippen LogP contribution in [-0.4, -0.2) is 42.2 Å². The average Bonchev–Trinajstić information content (AvgIpc) is 3.30. The molecule has 5 nitrogen and oxygen atoms in total. The smallest absolute Gasteiger partial charge is 0.274 e. The van der Waals surface area contributed by atoms with Crippen molar-refractivity contribution >= 4 is 43.2 Å². The molecule has 4 rings (SSSR count). The van der Waals surface area contributed by atoms with Crippen LogP contribution in [0.1, 0.15) is 25.7 Å². The molecule has 0 radical (unpaired) electrons. The molecule has 1 aliphatic carbocycles. The lowest BCUT2D eigenvalue weighted by Crippen LogP contribution is -2.43. The second-order valence-electron chi connectivity index (χ2n) is 6.03. The number of benzene rings is 1. The van der Waals surface area contributed by atoms with Crippen molar-refractivity contribution < 1.29 is 13.2 Å². The van der Waals surface area contributed by atoms with Crippen molar-refractivity contribution in [2.75, 3.05) is 13.1 Å². The monoisotopic (exact) mass is 372 g/mol. The quantitative estimate of drug-likeness (QED) is 0.826. The summed E-state index contributed by atoms with van der Waals surface area (Å²) < 4.78 is 33.0. The zero-order valence-electron chi connectivity index (χ0n) is 12.4. The average molecular weight is 373 g/mol. The fourth-order valence-corrected chi connectivity index (χ4v) is 5.92. The number of nitrogens with zero attached hydrogens (tertiary/aromatic N) is 2. The molecule has 2 aliphatic rings. The molecule has 1 aromatic heterocycles. The van der Waals surface area contributed by atoms with E-state index in [0.29, 0.717) is 36.1 Å². The zero-order valence-corrected chi connectivity index (χ0v) is 14.8. The summed E-state index contributed by atoms with van der Waals surface area (Å²) in [7, 11) is -3.06. The van der Waals surface area contributed by atoms with E-state index >= 15 is 0 Å². The molecule has 1 aliphatic heterocycles. The van der Waals surface area contributed by atoms with Crippen LogP contribution >= 0.6 is 22.9 Å². The van der Waals surface area contributed by atoms with E-state index in [4.69, 9.17) is 16.3 Å². The summed E-state index contributed by atoms with van der Waals surface area (Å²) in [5.41, 5.74) is 0.767. The van der Waals surface area contributed by atoms with Crippen molar-refractivity contribution in [1.29, 1.82) is 0 Å². The van der Waals surface area contributed by atoms with E-state index in [2.05, 4.69) is 4.98 Å². The van der Waals surface area contributed by atoms with Crippen LogP contribution in [0.3, 0.4) is 0 Å². The lowest BCUT2D eigenvalue weighted by Gasteiger charge is -2.30. The molecular weight excluding hydrogens is 356 g/mol. The van der Waals surface area contributed by atoms with Crippen LogP contribution in [0.25, 0.3) is 10.2 Å². The van der Waals surface area contributed by atoms with Crippen LogP contribution in [-0.2, 0) is 10.0 Å². The number of halogens is 1. The van der Waals surface area contributed by atoms with Gasteiger partial charge in [0.1, 0.15) is 11.6 Å². The Morgan fingerprint density at radius 1 is 1.22 bits per heavy atom. The molecule has 2 fully saturated rings. The first-order chi connectivity index (χ1) is 11.0. The molecule has 23 heavy (non-hydrogen) atoms. The first-order valence-electron chi connectivity index (χ1n) is 7.75. The Bertz CT molecular complexity index is 824. The lowest BCUT2D eigenvalue weighted by molar-refractivity contribution is 0.135. The van der Waals surface area contributed by atoms with Gasteiger partial charge in [0.15, 0.2) is 0 Å². The SMILES string of the molecule is O=S(=O)(C1CC1)N1CCC(Oc2nc3c(Cl)cccc3s2)CC1. The van der Waals surface area contributed by atoms with Gasteiger partial charge in [-0.2, -0.15) is 0 Å². The summed E-state index contributed by atoms with van der Waals surface area (Å²) in [6.07, 6.45) is 3.04. The highest BCUT2D eigenvalue weighted by Crippen LogP contribution is 2.35. The van der Waals surface area contributed by atoms with Gasteiger partial charge in [-0.25, -0.2) is 17.7 Å². The van der Waals surface area contributed by atoms with E-state index in [9.17, 15) is 8.42 Å². The Morgan fingerprint density at radius 3 is 2.61 bits per heavy atom. The van der Waals surface area contributed by atoms with E-state index < -0.39 is 10.0 Å². The number of thiazole rings is 1. The molecule has 0 unspecified atom stereocenters. The van der Waals surface area contributed by atoms with Crippen LogP contribution in [0.2, 0.25) is 5.02 Å². The van der Waals surface area contributed by atoms with Crippen LogP contribution in [0.15, 0.2) is 18.2 Å². The molecule has 1 aromatic carbocycles. The second kappa shape index (κ2) is 5.88. The molecule has 124 valence electrons. The first-order valence-corrected chi connectivity index (χ1v) is 10.4. The van der Waals surface area contributed by atoms with Gasteiger partial charge in [0.2, 0.25) is 10.0 Å². The predicted molar refractivity (Wildman–Crippen MR) is 91.8 cm³/mol. The number of ether oxygens (including phenoxy) is 1. The third kappa shape index (κ3) is 3.07. The number of hydrogen-bond donors (Lipinski definition) is 0. The Hall–Kier alpha value is -0.890. The maximum atomic E-state index is 12.2. The number of para-hydroxylation sites is 1. The van der Waals surface area contributed by atoms with Gasteiger partial charge in [0.25, 0.3) is 5.19 Å². The number of fused-ring (bicyclic) bond motifs is 1. The molecule has 8 heteroatoms. The third-order valence-corrected chi connectivity index (χ3v) is 7.94. The highest BCUT2D eigenvalue weighted by atomic mass is 35.5. The van der Waals surface area contributed by atoms with E-state index in [1.807, 2.05) is 18.2 Å². The number of piperidine rings is 1. The number of sulfonamides is 1. The summed E-state index contributed by atoms with van der Waals surface area (Å²) in [4.78, 5) is 4.44. The fraction of sp³-hybridized carbons (Fsp3) is 0.533. The Morgan fingerprint density at radius 2 is 1.96 bits per heavy atom. The standard InChI is InChI=1S/C15H17ClN2O3S2/c16-12-2-1-3-13-14(12)17-15(22-13)21-10-6-8-18(9-7-10)23(19,20)11-4-5-11/h1-3,10-11H,4-9H2. The predicted octanol–water partition coefficient (Wildman–Crippen LogP) is 3.29. The van der Waals surface area contributed by atoms with Gasteiger partial charge < -0.3 is 4.74 Å². The van der Waals surface area contributed by atoms with Gasteiger partial charge in [-0.15, -0.1) is 0 Å². The maximum Gasteiger partial charge on any atom is 0.274 e. The van der Waals surface area contributed by atoms with Gasteiger partial charge in [-0.05, 0) is 37.8 Å². The van der Waals surface area contributed by atoms with Crippen LogP contribution in [0, 0.1) is 0 Å². The lowest BCUT2D eigenvalue weighted by atomic mass is 10.1. The summed E-state index contributed by atoms with van der Waals surface area (Å²) in [5, 5.41) is 1.10. The largest absolute Gasteiger partial charge is 0.467 e. The highest BCUT2D eigenvalue weighted by molar-refractivity contribution is 7.90. The highest BCUT2D eigenvalue weighted by Gasteiger charge is 2.41. The van der Waals surface area contributed by atoms with Crippen molar-refractivity contribution in [2.45, 2.75) is 37.0 Å². The minimum atomic E-state index is -3.06. The van der Waals surface area contributed by atoms with E-state index in [1.54, 1.807) is 4.31 Å². The molecule has 2 heterocycles. The number of hydrogen-bond acceptors (Lipinski definition) is 5. The van der Waals surface area contributed by atoms with Crippen LogP contribution in [0.5, 0.6) is 5.19 Å². The topological polar surface area (TPSA) is 59.5 Å². The van der Waals surface area contributed by atoms with Crippen LogP contribution in [0.4, 0.5) is 0 Å². The zero-order chi connectivity index (χ0) is 16.0. The van der Waals surface area contributed by atoms with E-state index in [-0.39, 0.29) is 11.4 Å². The molecular formula is C15H17ClN2O3S2. The molecule has 0 atom stereocenters. The summed E-state index contributed by atoms with van der Waals surface area (Å²) in [5.74, 6) is 0. The molecule has 1 saturated heterocycles. The van der Waals surface area contributed by atoms with Crippen molar-refractivity contribution in [1.82, 2.24) is 9.29 Å². The van der Waals surface area contributed by atoms with Crippen molar-refractivity contribution in [3.8, 4) is 5.19 Å². The third-order valence-electron chi connectivity index (χ3n) is 4.32. The van der Waals surface area contributed by atoms with Gasteiger partial charge in [-0.1, -0.05) is 29.0 Å². The molecule has 2 aromatic rings. The maximum absolute atomic E-state index is 12.2. The van der Waals surface area contributed by atoms with Gasteiger partial charge in [-0.3, -0.25) is 0 Å². The van der Waals surface area contributed by atoms with E-state index in [0.717, 1.165) is 23.1 Å². The Labute approximate surface area is 144 Å².